The summed E-state index contributed by atoms with van der Waals surface area (Å²) in [7, 11) is 0. The standard InChI is InChI=1S/C16H17ClINO/c1-2-19-10-14-15(17)4-3-5-16(14)20-11-12-6-8-13(18)9-7-12/h3-9,19H,2,10-11H2,1H3. The van der Waals surface area contributed by atoms with E-state index < -0.39 is 0 Å². The Morgan fingerprint density at radius 3 is 2.60 bits per heavy atom. The van der Waals surface area contributed by atoms with Gasteiger partial charge in [0.2, 0.25) is 0 Å². The van der Waals surface area contributed by atoms with E-state index in [0.717, 1.165) is 35.0 Å². The molecular formula is C16H17ClINO. The molecule has 4 heteroatoms. The normalized spacial score (nSPS) is 10.6. The van der Waals surface area contributed by atoms with E-state index in [1.807, 2.05) is 18.2 Å². The Balaban J connectivity index is 2.08. The molecule has 2 aromatic rings. The van der Waals surface area contributed by atoms with Gasteiger partial charge in [0.25, 0.3) is 0 Å². The van der Waals surface area contributed by atoms with Crippen LogP contribution in [0.1, 0.15) is 18.1 Å². The molecule has 2 aromatic carbocycles. The van der Waals surface area contributed by atoms with Gasteiger partial charge >= 0.3 is 0 Å². The molecule has 0 aromatic heterocycles. The lowest BCUT2D eigenvalue weighted by Gasteiger charge is -2.13. The summed E-state index contributed by atoms with van der Waals surface area (Å²) in [6.07, 6.45) is 0. The van der Waals surface area contributed by atoms with Crippen LogP contribution in [-0.4, -0.2) is 6.54 Å². The van der Waals surface area contributed by atoms with Crippen molar-refractivity contribution in [3.05, 3.63) is 62.2 Å². The molecule has 0 amide bonds. The maximum absolute atomic E-state index is 6.25. The van der Waals surface area contributed by atoms with Crippen molar-refractivity contribution >= 4 is 34.2 Å². The first kappa shape index (κ1) is 15.6. The Bertz CT molecular complexity index is 557. The molecule has 1 N–H and O–H groups in total. The minimum atomic E-state index is 0.552. The van der Waals surface area contributed by atoms with Crippen LogP contribution in [0, 0.1) is 3.57 Å². The van der Waals surface area contributed by atoms with E-state index in [-0.39, 0.29) is 0 Å². The molecule has 0 spiro atoms. The third-order valence-electron chi connectivity index (χ3n) is 2.94. The molecule has 0 aliphatic carbocycles. The van der Waals surface area contributed by atoms with Crippen molar-refractivity contribution in [3.63, 3.8) is 0 Å². The van der Waals surface area contributed by atoms with Crippen molar-refractivity contribution in [2.24, 2.45) is 0 Å². The summed E-state index contributed by atoms with van der Waals surface area (Å²) < 4.78 is 7.14. The summed E-state index contributed by atoms with van der Waals surface area (Å²) in [6.45, 7) is 4.25. The number of halogens is 2. The largest absolute Gasteiger partial charge is 0.489 e. The van der Waals surface area contributed by atoms with Gasteiger partial charge in [0.15, 0.2) is 0 Å². The highest BCUT2D eigenvalue weighted by molar-refractivity contribution is 14.1. The van der Waals surface area contributed by atoms with Crippen molar-refractivity contribution in [2.75, 3.05) is 6.54 Å². The molecule has 2 nitrogen and oxygen atoms in total. The van der Waals surface area contributed by atoms with Gasteiger partial charge in [-0.2, -0.15) is 0 Å². The Labute approximate surface area is 138 Å². The predicted molar refractivity (Wildman–Crippen MR) is 92.3 cm³/mol. The first-order chi connectivity index (χ1) is 9.70. The van der Waals surface area contributed by atoms with E-state index in [4.69, 9.17) is 16.3 Å². The van der Waals surface area contributed by atoms with Crippen molar-refractivity contribution in [3.8, 4) is 5.75 Å². The fourth-order valence-corrected chi connectivity index (χ4v) is 2.43. The molecule has 0 bridgehead atoms. The van der Waals surface area contributed by atoms with Crippen molar-refractivity contribution in [1.82, 2.24) is 5.32 Å². The van der Waals surface area contributed by atoms with Crippen LogP contribution in [0.5, 0.6) is 5.75 Å². The second-order valence-electron chi connectivity index (χ2n) is 4.41. The first-order valence-electron chi connectivity index (χ1n) is 6.56. The van der Waals surface area contributed by atoms with Gasteiger partial charge in [0, 0.05) is 20.7 Å². The quantitative estimate of drug-likeness (QED) is 0.713. The lowest BCUT2D eigenvalue weighted by molar-refractivity contribution is 0.302. The van der Waals surface area contributed by atoms with Gasteiger partial charge in [-0.15, -0.1) is 0 Å². The number of hydrogen-bond donors (Lipinski definition) is 1. The number of rotatable bonds is 6. The zero-order valence-corrected chi connectivity index (χ0v) is 14.2. The molecule has 2 rings (SSSR count). The van der Waals surface area contributed by atoms with Crippen LogP contribution >= 0.6 is 34.2 Å². The smallest absolute Gasteiger partial charge is 0.125 e. The van der Waals surface area contributed by atoms with E-state index >= 15 is 0 Å². The monoisotopic (exact) mass is 401 g/mol. The van der Waals surface area contributed by atoms with Crippen LogP contribution in [-0.2, 0) is 13.2 Å². The van der Waals surface area contributed by atoms with Gasteiger partial charge in [-0.25, -0.2) is 0 Å². The average molecular weight is 402 g/mol. The summed E-state index contributed by atoms with van der Waals surface area (Å²) in [6, 6.07) is 14.1. The number of hydrogen-bond acceptors (Lipinski definition) is 2. The molecule has 0 aliphatic rings. The van der Waals surface area contributed by atoms with E-state index in [2.05, 4.69) is 59.1 Å². The minimum absolute atomic E-state index is 0.552. The summed E-state index contributed by atoms with van der Waals surface area (Å²) >= 11 is 8.54. The molecule has 0 atom stereocenters. The SMILES string of the molecule is CCNCc1c(Cl)cccc1OCc1ccc(I)cc1. The molecule has 0 saturated heterocycles. The lowest BCUT2D eigenvalue weighted by atomic mass is 10.2. The van der Waals surface area contributed by atoms with Crippen molar-refractivity contribution in [2.45, 2.75) is 20.1 Å². The molecule has 20 heavy (non-hydrogen) atoms. The maximum Gasteiger partial charge on any atom is 0.125 e. The van der Waals surface area contributed by atoms with Crippen LogP contribution in [0.2, 0.25) is 5.02 Å². The summed E-state index contributed by atoms with van der Waals surface area (Å²) in [4.78, 5) is 0. The highest BCUT2D eigenvalue weighted by Crippen LogP contribution is 2.27. The summed E-state index contributed by atoms with van der Waals surface area (Å²) in [5.41, 5.74) is 2.17. The van der Waals surface area contributed by atoms with Crippen LogP contribution in [0.25, 0.3) is 0 Å². The molecular weight excluding hydrogens is 385 g/mol. The molecule has 0 saturated carbocycles. The van der Waals surface area contributed by atoms with Gasteiger partial charge in [0.1, 0.15) is 12.4 Å². The average Bonchev–Trinajstić information content (AvgIpc) is 2.46. The fraction of sp³-hybridized carbons (Fsp3) is 0.250. The third-order valence-corrected chi connectivity index (χ3v) is 4.01. The van der Waals surface area contributed by atoms with Crippen molar-refractivity contribution < 1.29 is 4.74 Å². The lowest BCUT2D eigenvalue weighted by Crippen LogP contribution is -2.13. The Morgan fingerprint density at radius 2 is 1.90 bits per heavy atom. The van der Waals surface area contributed by atoms with Crippen molar-refractivity contribution in [1.29, 1.82) is 0 Å². The van der Waals surface area contributed by atoms with Crippen LogP contribution < -0.4 is 10.1 Å². The highest BCUT2D eigenvalue weighted by atomic mass is 127. The molecule has 106 valence electrons. The van der Waals surface area contributed by atoms with E-state index in [9.17, 15) is 0 Å². The van der Waals surface area contributed by atoms with E-state index in [1.165, 1.54) is 3.57 Å². The second-order valence-corrected chi connectivity index (χ2v) is 6.06. The summed E-state index contributed by atoms with van der Waals surface area (Å²) in [5, 5.41) is 4.03. The Morgan fingerprint density at radius 1 is 1.15 bits per heavy atom. The minimum Gasteiger partial charge on any atom is -0.489 e. The van der Waals surface area contributed by atoms with E-state index in [1.54, 1.807) is 0 Å². The topological polar surface area (TPSA) is 21.3 Å². The molecule has 0 unspecified atom stereocenters. The fourth-order valence-electron chi connectivity index (χ4n) is 1.84. The number of benzene rings is 2. The zero-order valence-electron chi connectivity index (χ0n) is 11.3. The highest BCUT2D eigenvalue weighted by Gasteiger charge is 2.08. The van der Waals surface area contributed by atoms with Crippen LogP contribution in [0.3, 0.4) is 0 Å². The van der Waals surface area contributed by atoms with Gasteiger partial charge in [-0.1, -0.05) is 36.7 Å². The number of nitrogens with one attached hydrogen (secondary N) is 1. The molecule has 0 radical (unpaired) electrons. The zero-order chi connectivity index (χ0) is 14.4. The third kappa shape index (κ3) is 4.36. The van der Waals surface area contributed by atoms with Gasteiger partial charge < -0.3 is 10.1 Å². The molecule has 0 fully saturated rings. The van der Waals surface area contributed by atoms with E-state index in [0.29, 0.717) is 6.61 Å². The van der Waals surface area contributed by atoms with Gasteiger partial charge in [-0.3, -0.25) is 0 Å². The van der Waals surface area contributed by atoms with Gasteiger partial charge in [0.05, 0.1) is 0 Å². The van der Waals surface area contributed by atoms with Crippen LogP contribution in [0.15, 0.2) is 42.5 Å². The van der Waals surface area contributed by atoms with Crippen LogP contribution in [0.4, 0.5) is 0 Å². The first-order valence-corrected chi connectivity index (χ1v) is 8.01. The summed E-state index contributed by atoms with van der Waals surface area (Å²) in [5.74, 6) is 0.844. The molecule has 0 heterocycles. The second kappa shape index (κ2) is 7.86. The predicted octanol–water partition coefficient (Wildman–Crippen LogP) is 4.63. The Kier molecular flexibility index (Phi) is 6.13. The maximum atomic E-state index is 6.25. The Hall–Kier alpha value is -0.780. The number of ether oxygens (including phenoxy) is 1. The molecule has 0 aliphatic heterocycles. The van der Waals surface area contributed by atoms with Gasteiger partial charge in [-0.05, 0) is 59.0 Å².